The Morgan fingerprint density at radius 1 is 1.50 bits per heavy atom. The van der Waals surface area contributed by atoms with E-state index in [1.54, 1.807) is 11.3 Å². The van der Waals surface area contributed by atoms with Crippen molar-refractivity contribution in [2.45, 2.75) is 32.4 Å². The molecule has 1 aliphatic rings. The maximum absolute atomic E-state index is 12.8. The van der Waals surface area contributed by atoms with Crippen LogP contribution in [-0.2, 0) is 6.61 Å². The van der Waals surface area contributed by atoms with Gasteiger partial charge in [0.2, 0.25) is 0 Å². The number of amides is 1. The molecule has 1 N–H and O–H groups in total. The highest BCUT2D eigenvalue weighted by atomic mass is 32.1. The molecule has 0 aliphatic carbocycles. The summed E-state index contributed by atoms with van der Waals surface area (Å²) in [4.78, 5) is 19.2. The summed E-state index contributed by atoms with van der Waals surface area (Å²) in [6.07, 6.45) is 2.13. The van der Waals surface area contributed by atoms with Crippen LogP contribution in [0.15, 0.2) is 29.6 Å². The van der Waals surface area contributed by atoms with Crippen LogP contribution in [0.4, 0.5) is 0 Å². The summed E-state index contributed by atoms with van der Waals surface area (Å²) >= 11 is 1.61. The van der Waals surface area contributed by atoms with Gasteiger partial charge in [0.05, 0.1) is 10.7 Å². The first-order chi connectivity index (χ1) is 11.7. The summed E-state index contributed by atoms with van der Waals surface area (Å²) in [6, 6.07) is 7.72. The molecule has 1 fully saturated rings. The van der Waals surface area contributed by atoms with Gasteiger partial charge in [-0.25, -0.2) is 4.98 Å². The number of hydrogen-bond acceptors (Lipinski definition) is 5. The van der Waals surface area contributed by atoms with Gasteiger partial charge >= 0.3 is 0 Å². The van der Waals surface area contributed by atoms with E-state index in [9.17, 15) is 4.79 Å². The zero-order valence-corrected chi connectivity index (χ0v) is 14.9. The lowest BCUT2D eigenvalue weighted by Crippen LogP contribution is -2.40. The van der Waals surface area contributed by atoms with Crippen molar-refractivity contribution < 1.29 is 9.53 Å². The van der Waals surface area contributed by atoms with Crippen LogP contribution in [0.1, 0.15) is 33.9 Å². The van der Waals surface area contributed by atoms with E-state index in [0.29, 0.717) is 17.9 Å². The third kappa shape index (κ3) is 3.94. The SMILES string of the molecule is CNCC1CCCN1C(=O)c1cccc(OCc2csc(C)n2)c1. The summed E-state index contributed by atoms with van der Waals surface area (Å²) in [5.41, 5.74) is 1.60. The lowest BCUT2D eigenvalue weighted by molar-refractivity contribution is 0.0736. The number of hydrogen-bond donors (Lipinski definition) is 1. The van der Waals surface area contributed by atoms with Crippen molar-refractivity contribution in [1.29, 1.82) is 0 Å². The molecule has 1 aromatic carbocycles. The highest BCUT2D eigenvalue weighted by molar-refractivity contribution is 7.09. The Morgan fingerprint density at radius 2 is 2.38 bits per heavy atom. The Kier molecular flexibility index (Phi) is 5.48. The summed E-state index contributed by atoms with van der Waals surface area (Å²) in [6.45, 7) is 4.07. The lowest BCUT2D eigenvalue weighted by atomic mass is 10.1. The Bertz CT molecular complexity index is 701. The standard InChI is InChI=1S/C18H23N3O2S/c1-13-20-15(12-24-13)11-23-17-7-3-5-14(9-17)18(22)21-8-4-6-16(21)10-19-2/h3,5,7,9,12,16,19H,4,6,8,10-11H2,1-2H3. The lowest BCUT2D eigenvalue weighted by Gasteiger charge is -2.24. The van der Waals surface area contributed by atoms with Crippen LogP contribution in [0.5, 0.6) is 5.75 Å². The summed E-state index contributed by atoms with van der Waals surface area (Å²) in [5, 5.41) is 6.20. The first-order valence-electron chi connectivity index (χ1n) is 8.27. The molecule has 1 aliphatic heterocycles. The predicted molar refractivity (Wildman–Crippen MR) is 95.6 cm³/mol. The van der Waals surface area contributed by atoms with Gasteiger partial charge in [-0.2, -0.15) is 0 Å². The molecule has 128 valence electrons. The van der Waals surface area contributed by atoms with Gasteiger partial charge < -0.3 is 15.0 Å². The third-order valence-electron chi connectivity index (χ3n) is 4.21. The van der Waals surface area contributed by atoms with E-state index >= 15 is 0 Å². The van der Waals surface area contributed by atoms with Crippen molar-refractivity contribution >= 4 is 17.2 Å². The molecule has 5 nitrogen and oxygen atoms in total. The molecule has 0 radical (unpaired) electrons. The first kappa shape index (κ1) is 16.9. The van der Waals surface area contributed by atoms with Crippen molar-refractivity contribution in [1.82, 2.24) is 15.2 Å². The summed E-state index contributed by atoms with van der Waals surface area (Å²) < 4.78 is 5.79. The van der Waals surface area contributed by atoms with Crippen LogP contribution in [0, 0.1) is 6.92 Å². The van der Waals surface area contributed by atoms with Gasteiger partial charge in [-0.3, -0.25) is 4.79 Å². The van der Waals surface area contributed by atoms with Gasteiger partial charge in [-0.15, -0.1) is 11.3 Å². The summed E-state index contributed by atoms with van der Waals surface area (Å²) in [7, 11) is 1.93. The zero-order chi connectivity index (χ0) is 16.9. The number of benzene rings is 1. The van der Waals surface area contributed by atoms with E-state index in [0.717, 1.165) is 36.6 Å². The monoisotopic (exact) mass is 345 g/mol. The maximum atomic E-state index is 12.8. The molecule has 2 aromatic rings. The predicted octanol–water partition coefficient (Wildman–Crippen LogP) is 2.85. The molecule has 0 bridgehead atoms. The van der Waals surface area contributed by atoms with E-state index in [4.69, 9.17) is 4.74 Å². The fourth-order valence-corrected chi connectivity index (χ4v) is 3.66. The number of carbonyl (C=O) groups excluding carboxylic acids is 1. The van der Waals surface area contributed by atoms with Crippen molar-refractivity contribution in [2.75, 3.05) is 20.1 Å². The molecule has 1 amide bonds. The number of likely N-dealkylation sites (tertiary alicyclic amines) is 1. The molecule has 1 atom stereocenters. The fourth-order valence-electron chi connectivity index (χ4n) is 3.07. The average molecular weight is 345 g/mol. The van der Waals surface area contributed by atoms with E-state index in [2.05, 4.69) is 10.3 Å². The second kappa shape index (κ2) is 7.77. The Hall–Kier alpha value is -1.92. The fraction of sp³-hybridized carbons (Fsp3) is 0.444. The minimum Gasteiger partial charge on any atom is -0.487 e. The molecule has 0 spiro atoms. The topological polar surface area (TPSA) is 54.5 Å². The minimum absolute atomic E-state index is 0.0858. The number of ether oxygens (including phenoxy) is 1. The van der Waals surface area contributed by atoms with E-state index in [1.807, 2.05) is 48.5 Å². The number of thiazole rings is 1. The van der Waals surface area contributed by atoms with Crippen molar-refractivity contribution in [3.8, 4) is 5.75 Å². The van der Waals surface area contributed by atoms with Gasteiger partial charge in [-0.1, -0.05) is 6.07 Å². The van der Waals surface area contributed by atoms with E-state index in [1.165, 1.54) is 0 Å². The molecule has 1 unspecified atom stereocenters. The number of likely N-dealkylation sites (N-methyl/N-ethyl adjacent to an activating group) is 1. The second-order valence-corrected chi connectivity index (χ2v) is 7.09. The first-order valence-corrected chi connectivity index (χ1v) is 9.15. The number of aromatic nitrogens is 1. The number of nitrogens with one attached hydrogen (secondary N) is 1. The molecule has 0 saturated carbocycles. The Morgan fingerprint density at radius 3 is 3.12 bits per heavy atom. The highest BCUT2D eigenvalue weighted by Gasteiger charge is 2.28. The van der Waals surface area contributed by atoms with Crippen LogP contribution in [0.2, 0.25) is 0 Å². The van der Waals surface area contributed by atoms with Gasteiger partial charge in [0.25, 0.3) is 5.91 Å². The molecule has 6 heteroatoms. The third-order valence-corrected chi connectivity index (χ3v) is 5.03. The molecule has 1 aromatic heterocycles. The molecule has 24 heavy (non-hydrogen) atoms. The van der Waals surface area contributed by atoms with Gasteiger partial charge in [-0.05, 0) is 45.0 Å². The van der Waals surface area contributed by atoms with Gasteiger partial charge in [0, 0.05) is 30.1 Å². The summed E-state index contributed by atoms with van der Waals surface area (Å²) in [5.74, 6) is 0.790. The Balaban J connectivity index is 1.66. The van der Waals surface area contributed by atoms with Crippen molar-refractivity contribution in [2.24, 2.45) is 0 Å². The quantitative estimate of drug-likeness (QED) is 0.875. The van der Waals surface area contributed by atoms with Crippen LogP contribution in [0.3, 0.4) is 0 Å². The number of nitrogens with zero attached hydrogens (tertiary/aromatic N) is 2. The normalized spacial score (nSPS) is 17.2. The van der Waals surface area contributed by atoms with Gasteiger partial charge in [0.1, 0.15) is 12.4 Å². The molecular formula is C18H23N3O2S. The van der Waals surface area contributed by atoms with Crippen LogP contribution in [-0.4, -0.2) is 42.0 Å². The number of rotatable bonds is 6. The maximum Gasteiger partial charge on any atom is 0.254 e. The van der Waals surface area contributed by atoms with Crippen molar-refractivity contribution in [3.63, 3.8) is 0 Å². The van der Waals surface area contributed by atoms with E-state index < -0.39 is 0 Å². The minimum atomic E-state index is 0.0858. The number of aryl methyl sites for hydroxylation is 1. The van der Waals surface area contributed by atoms with Crippen molar-refractivity contribution in [3.05, 3.63) is 45.9 Å². The van der Waals surface area contributed by atoms with E-state index in [-0.39, 0.29) is 11.9 Å². The smallest absolute Gasteiger partial charge is 0.254 e. The number of carbonyl (C=O) groups is 1. The largest absolute Gasteiger partial charge is 0.487 e. The molecule has 1 saturated heterocycles. The van der Waals surface area contributed by atoms with Gasteiger partial charge in [0.15, 0.2) is 0 Å². The zero-order valence-electron chi connectivity index (χ0n) is 14.1. The van der Waals surface area contributed by atoms with Crippen LogP contribution < -0.4 is 10.1 Å². The van der Waals surface area contributed by atoms with Crippen LogP contribution in [0.25, 0.3) is 0 Å². The molecule has 2 heterocycles. The second-order valence-electron chi connectivity index (χ2n) is 6.03. The highest BCUT2D eigenvalue weighted by Crippen LogP contribution is 2.22. The average Bonchev–Trinajstić information content (AvgIpc) is 3.22. The molecule has 3 rings (SSSR count). The molecular weight excluding hydrogens is 322 g/mol. The van der Waals surface area contributed by atoms with Crippen LogP contribution >= 0.6 is 11.3 Å². The Labute approximate surface area is 146 Å².